The molecule has 1 aliphatic rings. The first-order chi connectivity index (χ1) is 8.61. The maximum Gasteiger partial charge on any atom is 0.322 e. The van der Waals surface area contributed by atoms with Crippen LogP contribution in [0.25, 0.3) is 0 Å². The highest BCUT2D eigenvalue weighted by Gasteiger charge is 2.28. The Morgan fingerprint density at radius 2 is 2.28 bits per heavy atom. The van der Waals surface area contributed by atoms with Gasteiger partial charge in [0.05, 0.1) is 12.6 Å². The minimum absolute atomic E-state index is 0.0317. The van der Waals surface area contributed by atoms with Crippen molar-refractivity contribution in [1.29, 1.82) is 0 Å². The molecule has 18 heavy (non-hydrogen) atoms. The molecule has 4 heteroatoms. The Morgan fingerprint density at radius 1 is 1.50 bits per heavy atom. The van der Waals surface area contributed by atoms with Gasteiger partial charge in [0.25, 0.3) is 0 Å². The first kappa shape index (κ1) is 12.9. The predicted octanol–water partition coefficient (Wildman–Crippen LogP) is 2.29. The molecule has 0 aromatic heterocycles. The molecule has 2 rings (SSSR count). The number of nitrogens with zero attached hydrogens (tertiary/aromatic N) is 1. The molecule has 1 aromatic carbocycles. The third kappa shape index (κ3) is 2.64. The average molecular weight is 248 g/mol. The lowest BCUT2D eigenvalue weighted by atomic mass is 10.1. The molecule has 98 valence electrons. The Morgan fingerprint density at radius 3 is 2.94 bits per heavy atom. The first-order valence-corrected chi connectivity index (χ1v) is 6.37. The molecular weight excluding hydrogens is 228 g/mol. The van der Waals surface area contributed by atoms with E-state index in [4.69, 9.17) is 0 Å². The molecule has 1 fully saturated rings. The van der Waals surface area contributed by atoms with Gasteiger partial charge in [-0.05, 0) is 38.3 Å². The van der Waals surface area contributed by atoms with E-state index in [1.165, 1.54) is 5.56 Å². The van der Waals surface area contributed by atoms with Crippen LogP contribution in [-0.2, 0) is 0 Å². The molecule has 0 radical (unpaired) electrons. The zero-order valence-electron chi connectivity index (χ0n) is 10.9. The highest BCUT2D eigenvalue weighted by atomic mass is 16.3. The summed E-state index contributed by atoms with van der Waals surface area (Å²) in [6.07, 6.45) is 1.85. The molecule has 1 heterocycles. The van der Waals surface area contributed by atoms with Crippen LogP contribution < -0.4 is 5.32 Å². The van der Waals surface area contributed by atoms with E-state index in [0.717, 1.165) is 30.6 Å². The van der Waals surface area contributed by atoms with E-state index in [0.29, 0.717) is 0 Å². The van der Waals surface area contributed by atoms with E-state index >= 15 is 0 Å². The zero-order chi connectivity index (χ0) is 13.1. The SMILES string of the molecule is Cc1ccc(NC(=O)N2CCC[C@H]2CO)c(C)c1. The van der Waals surface area contributed by atoms with Crippen molar-refractivity contribution in [3.63, 3.8) is 0 Å². The average Bonchev–Trinajstić information content (AvgIpc) is 2.81. The molecule has 1 saturated heterocycles. The van der Waals surface area contributed by atoms with Crippen LogP contribution in [0.3, 0.4) is 0 Å². The van der Waals surface area contributed by atoms with Crippen LogP contribution in [-0.4, -0.2) is 35.2 Å². The minimum Gasteiger partial charge on any atom is -0.394 e. The summed E-state index contributed by atoms with van der Waals surface area (Å²) in [5.74, 6) is 0. The van der Waals surface area contributed by atoms with Gasteiger partial charge in [-0.1, -0.05) is 17.7 Å². The summed E-state index contributed by atoms with van der Waals surface area (Å²) in [7, 11) is 0. The molecule has 1 aromatic rings. The van der Waals surface area contributed by atoms with Crippen molar-refractivity contribution >= 4 is 11.7 Å². The Labute approximate surface area is 108 Å². The number of rotatable bonds is 2. The first-order valence-electron chi connectivity index (χ1n) is 6.37. The van der Waals surface area contributed by atoms with Crippen LogP contribution in [0, 0.1) is 13.8 Å². The second-order valence-corrected chi connectivity index (χ2v) is 4.92. The van der Waals surface area contributed by atoms with E-state index < -0.39 is 0 Å². The fraction of sp³-hybridized carbons (Fsp3) is 0.500. The van der Waals surface area contributed by atoms with E-state index in [1.807, 2.05) is 32.0 Å². The van der Waals surface area contributed by atoms with Gasteiger partial charge in [0, 0.05) is 12.2 Å². The lowest BCUT2D eigenvalue weighted by Crippen LogP contribution is -2.40. The smallest absolute Gasteiger partial charge is 0.322 e. The summed E-state index contributed by atoms with van der Waals surface area (Å²) in [6, 6.07) is 5.81. The molecule has 0 spiro atoms. The van der Waals surface area contributed by atoms with Crippen molar-refractivity contribution in [2.45, 2.75) is 32.7 Å². The number of urea groups is 1. The summed E-state index contributed by atoms with van der Waals surface area (Å²) in [5, 5.41) is 12.1. The van der Waals surface area contributed by atoms with Crippen LogP contribution >= 0.6 is 0 Å². The molecular formula is C14H20N2O2. The predicted molar refractivity (Wildman–Crippen MR) is 71.7 cm³/mol. The lowest BCUT2D eigenvalue weighted by Gasteiger charge is -2.23. The maximum absolute atomic E-state index is 12.1. The molecule has 2 N–H and O–H groups in total. The monoisotopic (exact) mass is 248 g/mol. The summed E-state index contributed by atoms with van der Waals surface area (Å²) in [5.41, 5.74) is 3.08. The third-order valence-electron chi connectivity index (χ3n) is 3.47. The Balaban J connectivity index is 2.07. The van der Waals surface area contributed by atoms with E-state index in [-0.39, 0.29) is 18.7 Å². The normalized spacial score (nSPS) is 19.1. The van der Waals surface area contributed by atoms with E-state index in [1.54, 1.807) is 4.90 Å². The van der Waals surface area contributed by atoms with Gasteiger partial charge >= 0.3 is 6.03 Å². The molecule has 4 nitrogen and oxygen atoms in total. The van der Waals surface area contributed by atoms with Crippen molar-refractivity contribution in [2.24, 2.45) is 0 Å². The van der Waals surface area contributed by atoms with Crippen molar-refractivity contribution in [3.8, 4) is 0 Å². The Kier molecular flexibility index (Phi) is 3.87. The summed E-state index contributed by atoms with van der Waals surface area (Å²) in [6.45, 7) is 4.78. The number of aryl methyl sites for hydroxylation is 2. The number of nitrogens with one attached hydrogen (secondary N) is 1. The van der Waals surface area contributed by atoms with Crippen LogP contribution in [0.1, 0.15) is 24.0 Å². The Hall–Kier alpha value is -1.55. The molecule has 0 aliphatic carbocycles. The number of hydrogen-bond acceptors (Lipinski definition) is 2. The highest BCUT2D eigenvalue weighted by molar-refractivity contribution is 5.90. The van der Waals surface area contributed by atoms with Gasteiger partial charge in [0.1, 0.15) is 0 Å². The number of hydrogen-bond donors (Lipinski definition) is 2. The fourth-order valence-electron chi connectivity index (χ4n) is 2.43. The number of carbonyl (C=O) groups is 1. The van der Waals surface area contributed by atoms with Gasteiger partial charge in [-0.15, -0.1) is 0 Å². The van der Waals surface area contributed by atoms with Crippen molar-refractivity contribution in [3.05, 3.63) is 29.3 Å². The largest absolute Gasteiger partial charge is 0.394 e. The Bertz CT molecular complexity index is 445. The number of carbonyl (C=O) groups excluding carboxylic acids is 1. The lowest BCUT2D eigenvalue weighted by molar-refractivity contribution is 0.166. The van der Waals surface area contributed by atoms with Crippen LogP contribution in [0.5, 0.6) is 0 Å². The molecule has 0 saturated carbocycles. The molecule has 2 amide bonds. The fourth-order valence-corrected chi connectivity index (χ4v) is 2.43. The van der Waals surface area contributed by atoms with Gasteiger partial charge in [-0.3, -0.25) is 0 Å². The number of anilines is 1. The third-order valence-corrected chi connectivity index (χ3v) is 3.47. The summed E-state index contributed by atoms with van der Waals surface area (Å²) < 4.78 is 0. The van der Waals surface area contributed by atoms with Gasteiger partial charge in [0.2, 0.25) is 0 Å². The standard InChI is InChI=1S/C14H20N2O2/c1-10-5-6-13(11(2)8-10)15-14(18)16-7-3-4-12(16)9-17/h5-6,8,12,17H,3-4,7,9H2,1-2H3,(H,15,18)/t12-/m0/s1. The van der Waals surface area contributed by atoms with Crippen molar-refractivity contribution in [2.75, 3.05) is 18.5 Å². The second kappa shape index (κ2) is 5.40. The van der Waals surface area contributed by atoms with Crippen LogP contribution in [0.2, 0.25) is 0 Å². The molecule has 0 bridgehead atoms. The number of amides is 2. The number of aliphatic hydroxyl groups is 1. The zero-order valence-corrected chi connectivity index (χ0v) is 10.9. The maximum atomic E-state index is 12.1. The highest BCUT2D eigenvalue weighted by Crippen LogP contribution is 2.20. The number of aliphatic hydroxyl groups excluding tert-OH is 1. The topological polar surface area (TPSA) is 52.6 Å². The van der Waals surface area contributed by atoms with Crippen molar-refractivity contribution in [1.82, 2.24) is 4.90 Å². The summed E-state index contributed by atoms with van der Waals surface area (Å²) >= 11 is 0. The van der Waals surface area contributed by atoms with E-state index in [9.17, 15) is 9.90 Å². The van der Waals surface area contributed by atoms with Gasteiger partial charge < -0.3 is 15.3 Å². The van der Waals surface area contributed by atoms with E-state index in [2.05, 4.69) is 5.32 Å². The van der Waals surface area contributed by atoms with Gasteiger partial charge in [-0.2, -0.15) is 0 Å². The van der Waals surface area contributed by atoms with Crippen LogP contribution in [0.4, 0.5) is 10.5 Å². The summed E-state index contributed by atoms with van der Waals surface area (Å²) in [4.78, 5) is 13.8. The minimum atomic E-state index is -0.112. The van der Waals surface area contributed by atoms with Gasteiger partial charge in [-0.25, -0.2) is 4.79 Å². The molecule has 1 aliphatic heterocycles. The van der Waals surface area contributed by atoms with Gasteiger partial charge in [0.15, 0.2) is 0 Å². The molecule has 0 unspecified atom stereocenters. The number of benzene rings is 1. The molecule has 1 atom stereocenters. The second-order valence-electron chi connectivity index (χ2n) is 4.92. The van der Waals surface area contributed by atoms with Crippen molar-refractivity contribution < 1.29 is 9.90 Å². The van der Waals surface area contributed by atoms with Crippen LogP contribution in [0.15, 0.2) is 18.2 Å². The quantitative estimate of drug-likeness (QED) is 0.843. The number of likely N-dealkylation sites (tertiary alicyclic amines) is 1.